The number of ketones is 1. The number of benzene rings is 1. The van der Waals surface area contributed by atoms with Crippen LogP contribution in [-0.4, -0.2) is 15.6 Å². The third kappa shape index (κ3) is 2.79. The SMILES string of the molecule is Cc1ccc(-n2nc(C)c([C@H]3C(C#N)=C(N)OC4=C3C(=O)CCC4)c2Cl)cc1. The van der Waals surface area contributed by atoms with Crippen LogP contribution in [0.5, 0.6) is 0 Å². The number of nitriles is 1. The minimum atomic E-state index is -0.659. The fourth-order valence-electron chi connectivity index (χ4n) is 3.84. The van der Waals surface area contributed by atoms with Crippen molar-refractivity contribution in [1.29, 1.82) is 5.26 Å². The number of hydrogen-bond donors (Lipinski definition) is 1. The first-order valence-corrected chi connectivity index (χ1v) is 9.46. The van der Waals surface area contributed by atoms with E-state index in [1.165, 1.54) is 0 Å². The average molecular weight is 395 g/mol. The van der Waals surface area contributed by atoms with E-state index >= 15 is 0 Å². The minimum absolute atomic E-state index is 0.0273. The standard InChI is InChI=1S/C21H19ClN4O2/c1-11-6-8-13(9-7-11)26-20(22)17(12(2)25-26)18-14(10-23)21(24)28-16-5-3-4-15(27)19(16)18/h6-9,18H,3-5,24H2,1-2H3/t18-/m1/s1. The molecule has 28 heavy (non-hydrogen) atoms. The Labute approximate surface area is 167 Å². The summed E-state index contributed by atoms with van der Waals surface area (Å²) in [6.07, 6.45) is 1.73. The van der Waals surface area contributed by atoms with Crippen molar-refractivity contribution in [3.8, 4) is 11.8 Å². The van der Waals surface area contributed by atoms with Gasteiger partial charge in [0.25, 0.3) is 0 Å². The van der Waals surface area contributed by atoms with Crippen LogP contribution in [0.3, 0.4) is 0 Å². The van der Waals surface area contributed by atoms with E-state index < -0.39 is 5.92 Å². The lowest BCUT2D eigenvalue weighted by Gasteiger charge is -2.30. The fraction of sp³-hybridized carbons (Fsp3) is 0.286. The molecular weight excluding hydrogens is 376 g/mol. The smallest absolute Gasteiger partial charge is 0.205 e. The maximum absolute atomic E-state index is 12.7. The highest BCUT2D eigenvalue weighted by Gasteiger charge is 2.41. The van der Waals surface area contributed by atoms with Gasteiger partial charge in [-0.2, -0.15) is 10.4 Å². The number of aryl methyl sites for hydroxylation is 2. The lowest BCUT2D eigenvalue weighted by molar-refractivity contribution is -0.116. The number of carbonyl (C=O) groups excluding carboxylic acids is 1. The number of nitrogens with zero attached hydrogens (tertiary/aromatic N) is 3. The highest BCUT2D eigenvalue weighted by Crippen LogP contribution is 2.46. The van der Waals surface area contributed by atoms with Gasteiger partial charge in [-0.25, -0.2) is 4.68 Å². The van der Waals surface area contributed by atoms with Gasteiger partial charge in [0.1, 0.15) is 22.6 Å². The first-order valence-electron chi connectivity index (χ1n) is 9.08. The molecule has 1 atom stereocenters. The van der Waals surface area contributed by atoms with Crippen LogP contribution in [0.25, 0.3) is 5.69 Å². The van der Waals surface area contributed by atoms with E-state index in [1.807, 2.05) is 38.1 Å². The van der Waals surface area contributed by atoms with E-state index in [0.29, 0.717) is 47.0 Å². The molecule has 142 valence electrons. The van der Waals surface area contributed by atoms with Crippen molar-refractivity contribution in [2.45, 2.75) is 39.0 Å². The van der Waals surface area contributed by atoms with Crippen LogP contribution in [0.1, 0.15) is 42.0 Å². The zero-order valence-corrected chi connectivity index (χ0v) is 16.4. The third-order valence-electron chi connectivity index (χ3n) is 5.22. The van der Waals surface area contributed by atoms with Crippen LogP contribution in [0.15, 0.2) is 47.1 Å². The van der Waals surface area contributed by atoms with Crippen molar-refractivity contribution >= 4 is 17.4 Å². The van der Waals surface area contributed by atoms with Gasteiger partial charge in [-0.3, -0.25) is 4.79 Å². The summed E-state index contributed by atoms with van der Waals surface area (Å²) in [5, 5.41) is 14.7. The zero-order chi connectivity index (χ0) is 20.0. The van der Waals surface area contributed by atoms with Gasteiger partial charge >= 0.3 is 0 Å². The molecule has 1 aromatic heterocycles. The summed E-state index contributed by atoms with van der Waals surface area (Å²) in [6, 6.07) is 9.91. The quantitative estimate of drug-likeness (QED) is 0.831. The van der Waals surface area contributed by atoms with E-state index in [1.54, 1.807) is 4.68 Å². The Morgan fingerprint density at radius 3 is 2.68 bits per heavy atom. The molecule has 0 spiro atoms. The Hall–Kier alpha value is -3.04. The average Bonchev–Trinajstić information content (AvgIpc) is 2.95. The molecule has 2 aliphatic rings. The molecule has 2 N–H and O–H groups in total. The maximum atomic E-state index is 12.7. The Morgan fingerprint density at radius 2 is 2.00 bits per heavy atom. The molecular formula is C21H19ClN4O2. The van der Waals surface area contributed by atoms with Crippen LogP contribution in [-0.2, 0) is 9.53 Å². The molecule has 0 amide bonds. The van der Waals surface area contributed by atoms with Gasteiger partial charge in [0.15, 0.2) is 5.78 Å². The number of rotatable bonds is 2. The molecule has 1 aliphatic carbocycles. The van der Waals surface area contributed by atoms with Gasteiger partial charge in [-0.1, -0.05) is 29.3 Å². The van der Waals surface area contributed by atoms with Gasteiger partial charge in [0, 0.05) is 24.0 Å². The van der Waals surface area contributed by atoms with Crippen molar-refractivity contribution in [3.63, 3.8) is 0 Å². The number of halogens is 1. The molecule has 1 aliphatic heterocycles. The predicted octanol–water partition coefficient (Wildman–Crippen LogP) is 3.96. The van der Waals surface area contributed by atoms with Gasteiger partial charge in [0.05, 0.1) is 17.3 Å². The molecule has 0 bridgehead atoms. The number of nitrogens with two attached hydrogens (primary N) is 1. The summed E-state index contributed by atoms with van der Waals surface area (Å²) >= 11 is 6.74. The third-order valence-corrected chi connectivity index (χ3v) is 5.58. The normalized spacial score (nSPS) is 19.4. The topological polar surface area (TPSA) is 93.9 Å². The van der Waals surface area contributed by atoms with Gasteiger partial charge in [0.2, 0.25) is 5.88 Å². The molecule has 6 nitrogen and oxygen atoms in total. The molecule has 1 aromatic carbocycles. The largest absolute Gasteiger partial charge is 0.444 e. The second-order valence-corrected chi connectivity index (χ2v) is 7.43. The summed E-state index contributed by atoms with van der Waals surface area (Å²) in [6.45, 7) is 3.82. The van der Waals surface area contributed by atoms with Crippen molar-refractivity contribution in [2.75, 3.05) is 0 Å². The van der Waals surface area contributed by atoms with Crippen LogP contribution >= 0.6 is 11.6 Å². The minimum Gasteiger partial charge on any atom is -0.444 e. The molecule has 4 rings (SSSR count). The molecule has 0 fully saturated rings. The second kappa shape index (κ2) is 6.84. The van der Waals surface area contributed by atoms with E-state index in [-0.39, 0.29) is 17.2 Å². The summed E-state index contributed by atoms with van der Waals surface area (Å²) in [5.74, 6) is -0.130. The van der Waals surface area contributed by atoms with Gasteiger partial charge in [-0.05, 0) is 32.4 Å². The van der Waals surface area contributed by atoms with Gasteiger partial charge in [-0.15, -0.1) is 0 Å². The molecule has 0 saturated heterocycles. The summed E-state index contributed by atoms with van der Waals surface area (Å²) in [5.41, 5.74) is 9.88. The van der Waals surface area contributed by atoms with Crippen LogP contribution in [0.2, 0.25) is 5.15 Å². The summed E-state index contributed by atoms with van der Waals surface area (Å²) in [4.78, 5) is 12.7. The Bertz CT molecular complexity index is 1090. The molecule has 2 heterocycles. The molecule has 0 radical (unpaired) electrons. The maximum Gasteiger partial charge on any atom is 0.205 e. The number of carbonyl (C=O) groups is 1. The lowest BCUT2D eigenvalue weighted by atomic mass is 9.78. The number of hydrogen-bond acceptors (Lipinski definition) is 5. The predicted molar refractivity (Wildman–Crippen MR) is 105 cm³/mol. The molecule has 2 aromatic rings. The number of aromatic nitrogens is 2. The first kappa shape index (κ1) is 18.3. The highest BCUT2D eigenvalue weighted by atomic mass is 35.5. The molecule has 0 saturated carbocycles. The van der Waals surface area contributed by atoms with Crippen LogP contribution in [0.4, 0.5) is 0 Å². The first-order chi connectivity index (χ1) is 13.4. The summed E-state index contributed by atoms with van der Waals surface area (Å²) in [7, 11) is 0. The second-order valence-electron chi connectivity index (χ2n) is 7.08. The highest BCUT2D eigenvalue weighted by molar-refractivity contribution is 6.31. The van der Waals surface area contributed by atoms with Crippen molar-refractivity contribution < 1.29 is 9.53 Å². The lowest BCUT2D eigenvalue weighted by Crippen LogP contribution is -2.27. The van der Waals surface area contributed by atoms with Crippen LogP contribution in [0, 0.1) is 25.2 Å². The van der Waals surface area contributed by atoms with Gasteiger partial charge < -0.3 is 10.5 Å². The monoisotopic (exact) mass is 394 g/mol. The van der Waals surface area contributed by atoms with E-state index in [0.717, 1.165) is 11.3 Å². The summed E-state index contributed by atoms with van der Waals surface area (Å²) < 4.78 is 7.25. The molecule has 0 unspecified atom stereocenters. The van der Waals surface area contributed by atoms with Crippen molar-refractivity contribution in [2.24, 2.45) is 5.73 Å². The molecule has 7 heteroatoms. The van der Waals surface area contributed by atoms with E-state index in [2.05, 4.69) is 11.2 Å². The van der Waals surface area contributed by atoms with E-state index in [9.17, 15) is 10.1 Å². The number of ether oxygens (including phenoxy) is 1. The number of allylic oxidation sites excluding steroid dienone is 3. The fourth-order valence-corrected chi connectivity index (χ4v) is 4.22. The van der Waals surface area contributed by atoms with Crippen molar-refractivity contribution in [3.05, 3.63) is 69.0 Å². The Kier molecular flexibility index (Phi) is 4.48. The Morgan fingerprint density at radius 1 is 1.29 bits per heavy atom. The van der Waals surface area contributed by atoms with E-state index in [4.69, 9.17) is 22.1 Å². The van der Waals surface area contributed by atoms with Crippen LogP contribution < -0.4 is 5.73 Å². The van der Waals surface area contributed by atoms with Crippen molar-refractivity contribution in [1.82, 2.24) is 9.78 Å². The Balaban J connectivity index is 1.92. The zero-order valence-electron chi connectivity index (χ0n) is 15.6. The number of Topliss-reactive ketones (excluding diaryl/α,β-unsaturated/α-hetero) is 1.